The molecule has 16 heavy (non-hydrogen) atoms. The minimum atomic E-state index is 0.396. The van der Waals surface area contributed by atoms with Crippen LogP contribution in [0.3, 0.4) is 0 Å². The molecule has 2 aromatic rings. The molecule has 84 valence electrons. The number of rotatable bonds is 3. The Balaban J connectivity index is 2.14. The third-order valence-corrected chi connectivity index (χ3v) is 2.83. The second kappa shape index (κ2) is 4.39. The first-order valence-electron chi connectivity index (χ1n) is 5.42. The highest BCUT2D eigenvalue weighted by molar-refractivity contribution is 5.42. The van der Waals surface area contributed by atoms with Crippen LogP contribution in [0.2, 0.25) is 0 Å². The number of nitrogens with zero attached hydrogens (tertiary/aromatic N) is 1. The maximum Gasteiger partial charge on any atom is 0.126 e. The summed E-state index contributed by atoms with van der Waals surface area (Å²) in [4.78, 5) is 0. The smallest absolute Gasteiger partial charge is 0.126 e. The number of hydrogen-bond acceptors (Lipinski definition) is 3. The number of anilines is 1. The molecule has 0 saturated carbocycles. The van der Waals surface area contributed by atoms with Gasteiger partial charge in [0, 0.05) is 11.3 Å². The summed E-state index contributed by atoms with van der Waals surface area (Å²) in [5, 5.41) is 4.00. The number of benzene rings is 1. The second-order valence-electron chi connectivity index (χ2n) is 4.22. The first kappa shape index (κ1) is 10.7. The summed E-state index contributed by atoms with van der Waals surface area (Å²) in [6.45, 7) is 4.18. The fourth-order valence-corrected chi connectivity index (χ4v) is 1.78. The number of nitrogens with two attached hydrogens (primary N) is 1. The lowest BCUT2D eigenvalue weighted by molar-refractivity contribution is 0.409. The fourth-order valence-electron chi connectivity index (χ4n) is 1.78. The van der Waals surface area contributed by atoms with E-state index < -0.39 is 0 Å². The second-order valence-corrected chi connectivity index (χ2v) is 4.22. The Morgan fingerprint density at radius 3 is 2.88 bits per heavy atom. The standard InChI is InChI=1S/C13H16N2O/c1-9(6-13-10(2)8-16-15-13)11-4-3-5-12(14)7-11/h3-5,7-9H,6,14H2,1-2H3/t9-/m0/s1. The van der Waals surface area contributed by atoms with Gasteiger partial charge < -0.3 is 10.3 Å². The van der Waals surface area contributed by atoms with Crippen LogP contribution in [-0.2, 0) is 6.42 Å². The molecule has 0 spiro atoms. The number of aromatic nitrogens is 1. The van der Waals surface area contributed by atoms with E-state index in [1.807, 2.05) is 25.1 Å². The van der Waals surface area contributed by atoms with Gasteiger partial charge >= 0.3 is 0 Å². The van der Waals surface area contributed by atoms with Crippen molar-refractivity contribution in [2.45, 2.75) is 26.2 Å². The molecule has 0 radical (unpaired) electrons. The number of nitrogen functional groups attached to an aromatic ring is 1. The van der Waals surface area contributed by atoms with Gasteiger partial charge in [0.2, 0.25) is 0 Å². The Hall–Kier alpha value is -1.77. The Kier molecular flexibility index (Phi) is 2.95. The van der Waals surface area contributed by atoms with E-state index >= 15 is 0 Å². The summed E-state index contributed by atoms with van der Waals surface area (Å²) in [7, 11) is 0. The van der Waals surface area contributed by atoms with E-state index in [-0.39, 0.29) is 0 Å². The predicted octanol–water partition coefficient (Wildman–Crippen LogP) is 2.91. The van der Waals surface area contributed by atoms with E-state index in [0.29, 0.717) is 5.92 Å². The van der Waals surface area contributed by atoms with Gasteiger partial charge in [0.1, 0.15) is 6.26 Å². The highest BCUT2D eigenvalue weighted by Gasteiger charge is 2.11. The zero-order chi connectivity index (χ0) is 11.5. The van der Waals surface area contributed by atoms with Gasteiger partial charge in [0.05, 0.1) is 5.69 Å². The molecular formula is C13H16N2O. The highest BCUT2D eigenvalue weighted by atomic mass is 16.5. The largest absolute Gasteiger partial charge is 0.399 e. The molecule has 2 rings (SSSR count). The molecule has 3 nitrogen and oxygen atoms in total. The monoisotopic (exact) mass is 216 g/mol. The average Bonchev–Trinajstić information content (AvgIpc) is 2.64. The van der Waals surface area contributed by atoms with Crippen molar-refractivity contribution in [2.75, 3.05) is 5.73 Å². The van der Waals surface area contributed by atoms with Crippen LogP contribution in [0.5, 0.6) is 0 Å². The molecule has 3 heteroatoms. The normalized spacial score (nSPS) is 12.6. The van der Waals surface area contributed by atoms with Gasteiger partial charge in [0.15, 0.2) is 0 Å². The van der Waals surface area contributed by atoms with E-state index in [9.17, 15) is 0 Å². The van der Waals surface area contributed by atoms with Crippen LogP contribution >= 0.6 is 0 Å². The first-order valence-corrected chi connectivity index (χ1v) is 5.42. The first-order chi connectivity index (χ1) is 7.66. The number of hydrogen-bond donors (Lipinski definition) is 1. The third kappa shape index (κ3) is 2.24. The molecule has 0 amide bonds. The topological polar surface area (TPSA) is 52.0 Å². The van der Waals surface area contributed by atoms with Crippen molar-refractivity contribution >= 4 is 5.69 Å². The van der Waals surface area contributed by atoms with Gasteiger partial charge in [-0.1, -0.05) is 24.2 Å². The van der Waals surface area contributed by atoms with Gasteiger partial charge in [-0.2, -0.15) is 0 Å². The van der Waals surface area contributed by atoms with E-state index in [0.717, 1.165) is 23.4 Å². The molecule has 0 fully saturated rings. The minimum absolute atomic E-state index is 0.396. The van der Waals surface area contributed by atoms with Crippen LogP contribution in [0.1, 0.15) is 29.7 Å². The van der Waals surface area contributed by atoms with Crippen molar-refractivity contribution < 1.29 is 4.52 Å². The van der Waals surface area contributed by atoms with Crippen LogP contribution in [0, 0.1) is 6.92 Å². The molecule has 1 aromatic heterocycles. The van der Waals surface area contributed by atoms with E-state index in [2.05, 4.69) is 18.1 Å². The Labute approximate surface area is 95.3 Å². The van der Waals surface area contributed by atoms with E-state index in [4.69, 9.17) is 10.3 Å². The van der Waals surface area contributed by atoms with Crippen LogP contribution in [0.4, 0.5) is 5.69 Å². The molecular weight excluding hydrogens is 200 g/mol. The lowest BCUT2D eigenvalue weighted by Crippen LogP contribution is -2.00. The molecule has 0 unspecified atom stereocenters. The summed E-state index contributed by atoms with van der Waals surface area (Å²) < 4.78 is 4.93. The van der Waals surface area contributed by atoms with Gasteiger partial charge in [0.25, 0.3) is 0 Å². The van der Waals surface area contributed by atoms with Crippen LogP contribution in [0.25, 0.3) is 0 Å². The minimum Gasteiger partial charge on any atom is -0.399 e. The van der Waals surface area contributed by atoms with Crippen LogP contribution in [-0.4, -0.2) is 5.16 Å². The zero-order valence-electron chi connectivity index (χ0n) is 9.60. The van der Waals surface area contributed by atoms with E-state index in [1.165, 1.54) is 5.56 Å². The highest BCUT2D eigenvalue weighted by Crippen LogP contribution is 2.22. The van der Waals surface area contributed by atoms with Gasteiger partial charge in [-0.05, 0) is 37.0 Å². The molecule has 1 aromatic carbocycles. The van der Waals surface area contributed by atoms with Crippen molar-refractivity contribution in [1.82, 2.24) is 5.16 Å². The van der Waals surface area contributed by atoms with Gasteiger partial charge in [-0.25, -0.2) is 0 Å². The summed E-state index contributed by atoms with van der Waals surface area (Å²) >= 11 is 0. The quantitative estimate of drug-likeness (QED) is 0.802. The van der Waals surface area contributed by atoms with Crippen molar-refractivity contribution in [3.8, 4) is 0 Å². The molecule has 0 bridgehead atoms. The Bertz CT molecular complexity index is 476. The summed E-state index contributed by atoms with van der Waals surface area (Å²) in [6.07, 6.45) is 2.56. The number of aryl methyl sites for hydroxylation is 1. The van der Waals surface area contributed by atoms with Crippen LogP contribution in [0.15, 0.2) is 35.1 Å². The molecule has 2 N–H and O–H groups in total. The molecule has 1 atom stereocenters. The molecule has 0 aliphatic heterocycles. The van der Waals surface area contributed by atoms with Crippen molar-refractivity contribution in [3.63, 3.8) is 0 Å². The summed E-state index contributed by atoms with van der Waals surface area (Å²) in [5.74, 6) is 0.396. The predicted molar refractivity (Wildman–Crippen MR) is 64.2 cm³/mol. The van der Waals surface area contributed by atoms with E-state index in [1.54, 1.807) is 6.26 Å². The van der Waals surface area contributed by atoms with Gasteiger partial charge in [-0.3, -0.25) is 0 Å². The zero-order valence-corrected chi connectivity index (χ0v) is 9.60. The summed E-state index contributed by atoms with van der Waals surface area (Å²) in [5.41, 5.74) is 9.94. The summed E-state index contributed by atoms with van der Waals surface area (Å²) in [6, 6.07) is 7.99. The molecule has 0 saturated heterocycles. The molecule has 0 aliphatic carbocycles. The van der Waals surface area contributed by atoms with Crippen LogP contribution < -0.4 is 5.73 Å². The third-order valence-electron chi connectivity index (χ3n) is 2.83. The Morgan fingerprint density at radius 2 is 2.25 bits per heavy atom. The molecule has 1 heterocycles. The fraction of sp³-hybridized carbons (Fsp3) is 0.308. The lowest BCUT2D eigenvalue weighted by atomic mass is 9.95. The van der Waals surface area contributed by atoms with Crippen molar-refractivity contribution in [2.24, 2.45) is 0 Å². The average molecular weight is 216 g/mol. The van der Waals surface area contributed by atoms with Crippen molar-refractivity contribution in [1.29, 1.82) is 0 Å². The Morgan fingerprint density at radius 1 is 1.44 bits per heavy atom. The SMILES string of the molecule is Cc1conc1C[C@H](C)c1cccc(N)c1. The van der Waals surface area contributed by atoms with Gasteiger partial charge in [-0.15, -0.1) is 0 Å². The maximum absolute atomic E-state index is 5.77. The van der Waals surface area contributed by atoms with Crippen molar-refractivity contribution in [3.05, 3.63) is 47.3 Å². The lowest BCUT2D eigenvalue weighted by Gasteiger charge is -2.10. The molecule has 0 aliphatic rings. The maximum atomic E-state index is 5.77.